The minimum absolute atomic E-state index is 0.0511. The highest BCUT2D eigenvalue weighted by Crippen LogP contribution is 2.34. The minimum atomic E-state index is -3.42. The molecular weight excluding hydrogens is 340 g/mol. The third-order valence-electron chi connectivity index (χ3n) is 4.05. The van der Waals surface area contributed by atoms with Crippen molar-refractivity contribution >= 4 is 16.1 Å². The van der Waals surface area contributed by atoms with Gasteiger partial charge in [0, 0.05) is 18.5 Å². The van der Waals surface area contributed by atoms with Crippen molar-refractivity contribution in [1.29, 1.82) is 0 Å². The maximum atomic E-state index is 12.4. The highest BCUT2D eigenvalue weighted by atomic mass is 32.2. The number of fused-ring (bicyclic) bond motifs is 1. The van der Waals surface area contributed by atoms with Gasteiger partial charge in [-0.25, -0.2) is 17.9 Å². The monoisotopic (exact) mass is 368 g/mol. The normalized spacial score (nSPS) is 20.2. The van der Waals surface area contributed by atoms with Crippen molar-refractivity contribution in [1.82, 2.24) is 10.0 Å². The van der Waals surface area contributed by atoms with Crippen molar-refractivity contribution in [3.63, 3.8) is 0 Å². The molecule has 0 unspecified atom stereocenters. The molecule has 0 aliphatic heterocycles. The van der Waals surface area contributed by atoms with Crippen molar-refractivity contribution in [3.8, 4) is 0 Å². The van der Waals surface area contributed by atoms with E-state index >= 15 is 0 Å². The fourth-order valence-corrected chi connectivity index (χ4v) is 4.56. The van der Waals surface area contributed by atoms with Gasteiger partial charge in [0.25, 0.3) is 0 Å². The van der Waals surface area contributed by atoms with Crippen LogP contribution in [0.15, 0.2) is 24.3 Å². The van der Waals surface area contributed by atoms with Gasteiger partial charge >= 0.3 is 6.09 Å². The topological polar surface area (TPSA) is 84.5 Å². The maximum absolute atomic E-state index is 12.4. The second-order valence-electron chi connectivity index (χ2n) is 7.44. The smallest absolute Gasteiger partial charge is 0.407 e. The predicted octanol–water partition coefficient (Wildman–Crippen LogP) is 2.55. The Bertz CT molecular complexity index is 710. The zero-order valence-electron chi connectivity index (χ0n) is 15.3. The van der Waals surface area contributed by atoms with Crippen LogP contribution in [0.4, 0.5) is 4.79 Å². The average Bonchev–Trinajstić information content (AvgIpc) is 2.80. The molecule has 2 atom stereocenters. The highest BCUT2D eigenvalue weighted by Gasteiger charge is 2.37. The van der Waals surface area contributed by atoms with E-state index in [0.717, 1.165) is 17.5 Å². The highest BCUT2D eigenvalue weighted by molar-refractivity contribution is 7.89. The Hall–Kier alpha value is -1.60. The summed E-state index contributed by atoms with van der Waals surface area (Å²) in [6, 6.07) is 7.44. The lowest BCUT2D eigenvalue weighted by Gasteiger charge is -2.25. The summed E-state index contributed by atoms with van der Waals surface area (Å²) in [5, 5.41) is 2.86. The van der Waals surface area contributed by atoms with Crippen LogP contribution in [0.5, 0.6) is 0 Å². The number of amides is 1. The lowest BCUT2D eigenvalue weighted by Crippen LogP contribution is -2.43. The number of carbonyl (C=O) groups is 1. The Morgan fingerprint density at radius 2 is 1.96 bits per heavy atom. The van der Waals surface area contributed by atoms with Gasteiger partial charge in [0.1, 0.15) is 5.60 Å². The number of alkyl carbamates (subject to hydrolysis) is 1. The van der Waals surface area contributed by atoms with Gasteiger partial charge in [-0.15, -0.1) is 0 Å². The molecule has 2 rings (SSSR count). The lowest BCUT2D eigenvalue weighted by atomic mass is 10.0. The van der Waals surface area contributed by atoms with Gasteiger partial charge in [-0.05, 0) is 44.7 Å². The Kier molecular flexibility index (Phi) is 6.11. The molecule has 2 N–H and O–H groups in total. The number of hydrogen-bond acceptors (Lipinski definition) is 4. The van der Waals surface area contributed by atoms with E-state index in [2.05, 4.69) is 10.0 Å². The Labute approximate surface area is 150 Å². The summed E-state index contributed by atoms with van der Waals surface area (Å²) in [6.45, 7) is 7.73. The van der Waals surface area contributed by atoms with Crippen LogP contribution in [0.25, 0.3) is 0 Å². The number of rotatable bonds is 6. The summed E-state index contributed by atoms with van der Waals surface area (Å²) >= 11 is 0. The molecule has 1 amide bonds. The molecule has 0 heterocycles. The number of sulfonamides is 1. The Balaban J connectivity index is 2.17. The van der Waals surface area contributed by atoms with Crippen molar-refractivity contribution < 1.29 is 17.9 Å². The van der Waals surface area contributed by atoms with Crippen LogP contribution in [0.1, 0.15) is 51.2 Å². The molecule has 0 radical (unpaired) electrons. The first-order chi connectivity index (χ1) is 11.6. The minimum Gasteiger partial charge on any atom is -0.444 e. The molecule has 1 aromatic rings. The van der Waals surface area contributed by atoms with Crippen LogP contribution in [-0.2, 0) is 21.2 Å². The van der Waals surface area contributed by atoms with Crippen molar-refractivity contribution in [2.24, 2.45) is 0 Å². The number of carbonyl (C=O) groups excluding carboxylic acids is 1. The summed E-state index contributed by atoms with van der Waals surface area (Å²) < 4.78 is 32.7. The second kappa shape index (κ2) is 7.74. The van der Waals surface area contributed by atoms with Crippen LogP contribution in [-0.4, -0.2) is 38.5 Å². The molecule has 0 spiro atoms. The van der Waals surface area contributed by atoms with Crippen molar-refractivity contribution in [2.45, 2.75) is 58.1 Å². The molecule has 1 aliphatic rings. The largest absolute Gasteiger partial charge is 0.444 e. The lowest BCUT2D eigenvalue weighted by molar-refractivity contribution is 0.0501. The first kappa shape index (κ1) is 19.7. The van der Waals surface area contributed by atoms with E-state index in [9.17, 15) is 13.2 Å². The van der Waals surface area contributed by atoms with E-state index in [1.165, 1.54) is 0 Å². The van der Waals surface area contributed by atoms with Gasteiger partial charge in [0.15, 0.2) is 0 Å². The van der Waals surface area contributed by atoms with E-state index in [1.807, 2.05) is 31.2 Å². The first-order valence-corrected chi connectivity index (χ1v) is 10.3. The van der Waals surface area contributed by atoms with E-state index in [1.54, 1.807) is 20.8 Å². The third-order valence-corrected chi connectivity index (χ3v) is 5.50. The fraction of sp³-hybridized carbons (Fsp3) is 0.611. The van der Waals surface area contributed by atoms with Crippen LogP contribution in [0, 0.1) is 0 Å². The molecule has 25 heavy (non-hydrogen) atoms. The maximum Gasteiger partial charge on any atom is 0.407 e. The number of nitrogens with one attached hydrogen (secondary N) is 2. The van der Waals surface area contributed by atoms with E-state index in [-0.39, 0.29) is 17.7 Å². The van der Waals surface area contributed by atoms with E-state index in [4.69, 9.17) is 4.74 Å². The second-order valence-corrected chi connectivity index (χ2v) is 9.29. The molecule has 7 heteroatoms. The number of ether oxygens (including phenoxy) is 1. The van der Waals surface area contributed by atoms with Gasteiger partial charge in [-0.3, -0.25) is 0 Å². The summed E-state index contributed by atoms with van der Waals surface area (Å²) in [7, 11) is -3.42. The van der Waals surface area contributed by atoms with E-state index < -0.39 is 21.7 Å². The Morgan fingerprint density at radius 1 is 1.28 bits per heavy atom. The van der Waals surface area contributed by atoms with Gasteiger partial charge in [-0.1, -0.05) is 31.2 Å². The van der Waals surface area contributed by atoms with Crippen molar-refractivity contribution in [3.05, 3.63) is 35.4 Å². The average molecular weight is 368 g/mol. The summed E-state index contributed by atoms with van der Waals surface area (Å²) in [5.41, 5.74) is 1.45. The van der Waals surface area contributed by atoms with E-state index in [0.29, 0.717) is 13.0 Å². The van der Waals surface area contributed by atoms with Gasteiger partial charge < -0.3 is 10.1 Å². The summed E-state index contributed by atoms with van der Waals surface area (Å²) in [5.74, 6) is -0.345. The number of benzene rings is 1. The third kappa shape index (κ3) is 5.71. The molecule has 0 aromatic heterocycles. The standard InChI is InChI=1S/C18H28N2O4S/c1-5-10-19-25(22,23)12-15-14-9-7-6-8-13(14)11-16(15)20-17(21)24-18(2,3)4/h6-9,15-16,19H,5,10-12H2,1-4H3,(H,20,21)/t15-,16-/m1/s1. The van der Waals surface area contributed by atoms with Crippen molar-refractivity contribution in [2.75, 3.05) is 12.3 Å². The SMILES string of the molecule is CCCNS(=O)(=O)C[C@@H]1c2ccccc2C[C@H]1NC(=O)OC(C)(C)C. The molecule has 0 saturated heterocycles. The molecule has 0 fully saturated rings. The van der Waals surface area contributed by atoms with Gasteiger partial charge in [-0.2, -0.15) is 0 Å². The predicted molar refractivity (Wildman–Crippen MR) is 98.1 cm³/mol. The summed E-state index contributed by atoms with van der Waals surface area (Å²) in [4.78, 5) is 12.2. The first-order valence-electron chi connectivity index (χ1n) is 8.66. The van der Waals surface area contributed by atoms with Crippen LogP contribution < -0.4 is 10.0 Å². The Morgan fingerprint density at radius 3 is 2.60 bits per heavy atom. The zero-order chi connectivity index (χ0) is 18.7. The van der Waals surface area contributed by atoms with Gasteiger partial charge in [0.2, 0.25) is 10.0 Å². The van der Waals surface area contributed by atoms with Crippen LogP contribution in [0.3, 0.4) is 0 Å². The fourth-order valence-electron chi connectivity index (χ4n) is 3.05. The van der Waals surface area contributed by atoms with Crippen LogP contribution in [0.2, 0.25) is 0 Å². The molecule has 140 valence electrons. The van der Waals surface area contributed by atoms with Crippen LogP contribution >= 0.6 is 0 Å². The zero-order valence-corrected chi connectivity index (χ0v) is 16.2. The van der Waals surface area contributed by atoms with Gasteiger partial charge in [0.05, 0.1) is 5.75 Å². The quantitative estimate of drug-likeness (QED) is 0.808. The molecule has 0 saturated carbocycles. The molecule has 1 aromatic carbocycles. The molecule has 0 bridgehead atoms. The molecule has 6 nitrogen and oxygen atoms in total. The molecular formula is C18H28N2O4S. The molecule has 1 aliphatic carbocycles. The number of hydrogen-bond donors (Lipinski definition) is 2. The summed E-state index contributed by atoms with van der Waals surface area (Å²) in [6.07, 6.45) is 0.818.